The number of rotatable bonds is 0. The van der Waals surface area contributed by atoms with Crippen molar-refractivity contribution in [3.05, 3.63) is 0 Å². The van der Waals surface area contributed by atoms with E-state index in [1.54, 1.807) is 0 Å². The van der Waals surface area contributed by atoms with Crippen molar-refractivity contribution in [2.24, 2.45) is 0 Å². The second kappa shape index (κ2) is 3.08. The Kier molecular flexibility index (Phi) is 5.18. The van der Waals surface area contributed by atoms with Gasteiger partial charge in [-0.2, -0.15) is 0 Å². The number of halogens is 3. The first-order valence-electron chi connectivity index (χ1n) is 0.690. The molecule has 0 unspecified atom stereocenters. The summed E-state index contributed by atoms with van der Waals surface area (Å²) in [6.45, 7) is 0. The van der Waals surface area contributed by atoms with Crippen LogP contribution in [0, 0.1) is 0 Å². The summed E-state index contributed by atoms with van der Waals surface area (Å²) in [5.41, 5.74) is 0. The van der Waals surface area contributed by atoms with Crippen molar-refractivity contribution in [1.82, 2.24) is 0 Å². The molecule has 0 saturated carbocycles. The first kappa shape index (κ1) is 10.1. The molecule has 0 aromatic carbocycles. The maximum atomic E-state index is 9.91. The Hall–Kier alpha value is 1.02. The third kappa shape index (κ3) is 78.0. The van der Waals surface area contributed by atoms with Gasteiger partial charge in [0.2, 0.25) is 0 Å². The Balaban J connectivity index is 0. The van der Waals surface area contributed by atoms with Crippen molar-refractivity contribution in [1.29, 1.82) is 0 Å². The molecule has 0 aromatic rings. The first-order chi connectivity index (χ1) is 2.00. The molecule has 6 heteroatoms. The summed E-state index contributed by atoms with van der Waals surface area (Å²) in [5, 5.41) is 0. The number of hydrogen-bond acceptors (Lipinski definition) is 1. The predicted molar refractivity (Wildman–Crippen MR) is 16.7 cm³/mol. The maximum absolute atomic E-state index is 9.91. The summed E-state index contributed by atoms with van der Waals surface area (Å²) >= 11 is 0. The van der Waals surface area contributed by atoms with Gasteiger partial charge in [0.25, 0.3) is 0 Å². The van der Waals surface area contributed by atoms with E-state index >= 15 is 0 Å². The Bertz CT molecular complexity index is 56.9. The molecular weight excluding hydrogens is 127 g/mol. The van der Waals surface area contributed by atoms with E-state index in [0.717, 1.165) is 0 Å². The zero-order valence-electron chi connectivity index (χ0n) is 2.99. The van der Waals surface area contributed by atoms with Gasteiger partial charge in [-0.15, -0.1) is 12.6 Å². The molecule has 0 spiro atoms. The van der Waals surface area contributed by atoms with Gasteiger partial charge in [-0.3, -0.25) is 0 Å². The zero-order valence-corrected chi connectivity index (χ0v) is 5.88. The van der Waals surface area contributed by atoms with Crippen LogP contribution in [-0.4, -0.2) is 29.6 Å². The minimum absolute atomic E-state index is 0. The SMILES string of the molecule is O=P(F)(F)F.[Na]. The van der Waals surface area contributed by atoms with Crippen LogP contribution in [0.1, 0.15) is 0 Å². The minimum Gasteiger partial charge on any atom is -0.215 e. The van der Waals surface area contributed by atoms with Crippen LogP contribution in [0.25, 0.3) is 0 Å². The van der Waals surface area contributed by atoms with Crippen molar-refractivity contribution < 1.29 is 17.2 Å². The predicted octanol–water partition coefficient (Wildman–Crippen LogP) is 1.62. The topological polar surface area (TPSA) is 17.1 Å². The largest absolute Gasteiger partial charge is 0.591 e. The molecule has 6 heavy (non-hydrogen) atoms. The summed E-state index contributed by atoms with van der Waals surface area (Å²) < 4.78 is 37.9. The molecule has 0 saturated heterocycles. The molecule has 0 fully saturated rings. The zero-order chi connectivity index (χ0) is 4.50. The van der Waals surface area contributed by atoms with Crippen molar-refractivity contribution in [2.75, 3.05) is 0 Å². The molecule has 0 amide bonds. The fraction of sp³-hybridized carbons (Fsp3) is 0. The third-order valence-electron chi connectivity index (χ3n) is 0. The summed E-state index contributed by atoms with van der Waals surface area (Å²) in [6, 6.07) is 0. The Morgan fingerprint density at radius 1 is 1.17 bits per heavy atom. The fourth-order valence-electron chi connectivity index (χ4n) is 0. The summed E-state index contributed by atoms with van der Waals surface area (Å²) in [6.07, 6.45) is 0. The van der Waals surface area contributed by atoms with E-state index < -0.39 is 8.07 Å². The molecule has 0 heterocycles. The monoisotopic (exact) mass is 127 g/mol. The van der Waals surface area contributed by atoms with Crippen LogP contribution in [0.15, 0.2) is 0 Å². The molecule has 0 aromatic heterocycles. The molecule has 33 valence electrons. The van der Waals surface area contributed by atoms with Crippen LogP contribution < -0.4 is 0 Å². The van der Waals surface area contributed by atoms with Gasteiger partial charge >= 0.3 is 8.07 Å². The Labute approximate surface area is 54.9 Å². The fourth-order valence-corrected chi connectivity index (χ4v) is 0. The molecule has 0 N–H and O–H groups in total. The van der Waals surface area contributed by atoms with Gasteiger partial charge in [0.1, 0.15) is 0 Å². The third-order valence-corrected chi connectivity index (χ3v) is 0. The van der Waals surface area contributed by atoms with Crippen LogP contribution in [-0.2, 0) is 4.57 Å². The van der Waals surface area contributed by atoms with Crippen LogP contribution in [0.5, 0.6) is 0 Å². The van der Waals surface area contributed by atoms with Crippen molar-refractivity contribution in [2.45, 2.75) is 0 Å². The molecule has 1 radical (unpaired) electrons. The maximum Gasteiger partial charge on any atom is 0.591 e. The Morgan fingerprint density at radius 3 is 1.17 bits per heavy atom. The Morgan fingerprint density at radius 2 is 1.17 bits per heavy atom. The van der Waals surface area contributed by atoms with E-state index in [0.29, 0.717) is 0 Å². The molecule has 0 aliphatic carbocycles. The summed E-state index contributed by atoms with van der Waals surface area (Å²) in [4.78, 5) is 0. The van der Waals surface area contributed by atoms with Gasteiger partial charge in [-0.1, -0.05) is 0 Å². The van der Waals surface area contributed by atoms with Crippen LogP contribution in [0.3, 0.4) is 0 Å². The molecule has 1 nitrogen and oxygen atoms in total. The second-order valence-electron chi connectivity index (χ2n) is 0.399. The molecule has 0 aliphatic rings. The molecule has 0 rings (SSSR count). The van der Waals surface area contributed by atoms with E-state index in [9.17, 15) is 12.6 Å². The van der Waals surface area contributed by atoms with Crippen molar-refractivity contribution in [3.8, 4) is 0 Å². The minimum atomic E-state index is -6.14. The van der Waals surface area contributed by atoms with E-state index in [-0.39, 0.29) is 29.6 Å². The van der Waals surface area contributed by atoms with Crippen molar-refractivity contribution in [3.63, 3.8) is 0 Å². The van der Waals surface area contributed by atoms with Gasteiger partial charge in [-0.05, 0) is 0 Å². The van der Waals surface area contributed by atoms with Crippen LogP contribution in [0.2, 0.25) is 0 Å². The average Bonchev–Trinajstić information content (AvgIpc) is 0.722. The summed E-state index contributed by atoms with van der Waals surface area (Å²) in [7, 11) is -6.14. The van der Waals surface area contributed by atoms with E-state index in [1.807, 2.05) is 0 Å². The smallest absolute Gasteiger partial charge is 0.215 e. The summed E-state index contributed by atoms with van der Waals surface area (Å²) in [5.74, 6) is 0. The van der Waals surface area contributed by atoms with Gasteiger partial charge < -0.3 is 0 Å². The molecule has 0 bridgehead atoms. The van der Waals surface area contributed by atoms with E-state index in [4.69, 9.17) is 4.57 Å². The normalized spacial score (nSPS) is 9.83. The average molecular weight is 127 g/mol. The molecular formula is F3NaOP. The van der Waals surface area contributed by atoms with Crippen LogP contribution in [0.4, 0.5) is 12.6 Å². The van der Waals surface area contributed by atoms with Gasteiger partial charge in [0.15, 0.2) is 0 Å². The molecule has 0 aliphatic heterocycles. The van der Waals surface area contributed by atoms with Gasteiger partial charge in [0.05, 0.1) is 0 Å². The van der Waals surface area contributed by atoms with Gasteiger partial charge in [0, 0.05) is 29.6 Å². The quantitative estimate of drug-likeness (QED) is 0.357. The number of hydrogen-bond donors (Lipinski definition) is 0. The van der Waals surface area contributed by atoms with Crippen molar-refractivity contribution >= 4 is 37.6 Å². The van der Waals surface area contributed by atoms with Crippen LogP contribution >= 0.6 is 8.07 Å². The first-order valence-corrected chi connectivity index (χ1v) is 2.07. The molecule has 0 atom stereocenters. The standard InChI is InChI=1S/F3OP.Na/c1-5(2,3)4;. The van der Waals surface area contributed by atoms with E-state index in [2.05, 4.69) is 0 Å². The van der Waals surface area contributed by atoms with Gasteiger partial charge in [-0.25, -0.2) is 4.57 Å². The van der Waals surface area contributed by atoms with E-state index in [1.165, 1.54) is 0 Å². The second-order valence-corrected chi connectivity index (χ2v) is 1.20.